The molecule has 1 nitrogen and oxygen atoms in total. The Labute approximate surface area is 119 Å². The van der Waals surface area contributed by atoms with Gasteiger partial charge in [0.15, 0.2) is 0 Å². The molecular weight excluding hydrogens is 254 g/mol. The third-order valence-electron chi connectivity index (χ3n) is 3.81. The normalized spacial score (nSPS) is 22.3. The number of rotatable bonds is 1. The van der Waals surface area contributed by atoms with Crippen LogP contribution in [0.2, 0.25) is 0 Å². The minimum atomic E-state index is 0.123. The standard InChI is InChI=1S/C17H18ClN/c1-17(2)8-13(7-14(18)9-17)16-11-19-10-12-5-3-4-6-15(12)16/h3-7,10-11,14H,8-9H2,1-2H3. The Morgan fingerprint density at radius 2 is 2.00 bits per heavy atom. The molecule has 1 atom stereocenters. The maximum absolute atomic E-state index is 6.40. The van der Waals surface area contributed by atoms with Gasteiger partial charge in [0.1, 0.15) is 0 Å². The molecule has 1 aromatic carbocycles. The summed E-state index contributed by atoms with van der Waals surface area (Å²) in [5, 5.41) is 2.58. The number of benzene rings is 1. The molecule has 0 aliphatic heterocycles. The number of halogens is 1. The third kappa shape index (κ3) is 2.52. The van der Waals surface area contributed by atoms with Gasteiger partial charge >= 0.3 is 0 Å². The molecule has 2 heteroatoms. The van der Waals surface area contributed by atoms with Crippen LogP contribution in [-0.4, -0.2) is 10.4 Å². The minimum Gasteiger partial charge on any atom is -0.263 e. The average molecular weight is 272 g/mol. The predicted molar refractivity (Wildman–Crippen MR) is 82.4 cm³/mol. The van der Waals surface area contributed by atoms with Crippen LogP contribution in [0.4, 0.5) is 0 Å². The third-order valence-corrected chi connectivity index (χ3v) is 4.09. The van der Waals surface area contributed by atoms with Crippen LogP contribution in [0.25, 0.3) is 16.3 Å². The van der Waals surface area contributed by atoms with E-state index in [-0.39, 0.29) is 10.8 Å². The summed E-state index contributed by atoms with van der Waals surface area (Å²) in [6.45, 7) is 4.57. The zero-order valence-corrected chi connectivity index (χ0v) is 12.1. The van der Waals surface area contributed by atoms with Gasteiger partial charge in [0.25, 0.3) is 0 Å². The number of aromatic nitrogens is 1. The first kappa shape index (κ1) is 12.7. The Morgan fingerprint density at radius 3 is 2.79 bits per heavy atom. The predicted octanol–water partition coefficient (Wildman–Crippen LogP) is 5.05. The molecule has 98 valence electrons. The minimum absolute atomic E-state index is 0.123. The molecular formula is C17H18ClN. The first-order chi connectivity index (χ1) is 9.05. The van der Waals surface area contributed by atoms with Crippen molar-refractivity contribution < 1.29 is 0 Å². The Morgan fingerprint density at radius 1 is 1.21 bits per heavy atom. The number of pyridine rings is 1. The summed E-state index contributed by atoms with van der Waals surface area (Å²) in [4.78, 5) is 4.38. The maximum atomic E-state index is 6.40. The molecule has 1 unspecified atom stereocenters. The Kier molecular flexibility index (Phi) is 3.10. The van der Waals surface area contributed by atoms with Crippen molar-refractivity contribution in [3.63, 3.8) is 0 Å². The molecule has 1 aliphatic rings. The summed E-state index contributed by atoms with van der Waals surface area (Å²) in [5.41, 5.74) is 2.82. The smallest absolute Gasteiger partial charge is 0.0527 e. The van der Waals surface area contributed by atoms with E-state index in [0.29, 0.717) is 0 Å². The van der Waals surface area contributed by atoms with E-state index in [1.54, 1.807) is 0 Å². The Bertz CT molecular complexity index is 637. The van der Waals surface area contributed by atoms with Crippen LogP contribution in [0.3, 0.4) is 0 Å². The molecule has 19 heavy (non-hydrogen) atoms. The number of allylic oxidation sites excluding steroid dienone is 2. The molecule has 0 N–H and O–H groups in total. The van der Waals surface area contributed by atoms with Crippen LogP contribution < -0.4 is 0 Å². The van der Waals surface area contributed by atoms with E-state index in [9.17, 15) is 0 Å². The first-order valence-corrected chi connectivity index (χ1v) is 7.17. The highest BCUT2D eigenvalue weighted by Crippen LogP contribution is 2.42. The second-order valence-corrected chi connectivity index (χ2v) is 6.72. The van der Waals surface area contributed by atoms with Crippen LogP contribution in [0.1, 0.15) is 32.3 Å². The molecule has 1 aromatic heterocycles. The van der Waals surface area contributed by atoms with Crippen molar-refractivity contribution in [2.24, 2.45) is 5.41 Å². The largest absolute Gasteiger partial charge is 0.263 e. The van der Waals surface area contributed by atoms with Gasteiger partial charge in [0.05, 0.1) is 5.38 Å². The van der Waals surface area contributed by atoms with Crippen molar-refractivity contribution in [2.45, 2.75) is 32.1 Å². The van der Waals surface area contributed by atoms with Gasteiger partial charge in [-0.05, 0) is 29.2 Å². The van der Waals surface area contributed by atoms with Gasteiger partial charge < -0.3 is 0 Å². The number of nitrogens with zero attached hydrogens (tertiary/aromatic N) is 1. The van der Waals surface area contributed by atoms with Gasteiger partial charge in [0.2, 0.25) is 0 Å². The second kappa shape index (κ2) is 4.64. The van der Waals surface area contributed by atoms with E-state index >= 15 is 0 Å². The van der Waals surface area contributed by atoms with Gasteiger partial charge in [-0.15, -0.1) is 11.6 Å². The molecule has 0 bridgehead atoms. The van der Waals surface area contributed by atoms with Gasteiger partial charge in [-0.2, -0.15) is 0 Å². The van der Waals surface area contributed by atoms with E-state index in [1.165, 1.54) is 21.9 Å². The van der Waals surface area contributed by atoms with Crippen LogP contribution in [-0.2, 0) is 0 Å². The van der Waals surface area contributed by atoms with Crippen molar-refractivity contribution in [2.75, 3.05) is 0 Å². The maximum Gasteiger partial charge on any atom is 0.0527 e. The van der Waals surface area contributed by atoms with Crippen LogP contribution in [0, 0.1) is 5.41 Å². The van der Waals surface area contributed by atoms with Gasteiger partial charge in [0, 0.05) is 23.3 Å². The Hall–Kier alpha value is -1.34. The molecule has 1 heterocycles. The van der Waals surface area contributed by atoms with Gasteiger partial charge in [-0.1, -0.05) is 44.2 Å². The molecule has 0 saturated carbocycles. The summed E-state index contributed by atoms with van der Waals surface area (Å²) in [5.74, 6) is 0. The quantitative estimate of drug-likeness (QED) is 0.662. The topological polar surface area (TPSA) is 12.9 Å². The fourth-order valence-electron chi connectivity index (χ4n) is 3.01. The molecule has 0 amide bonds. The SMILES string of the molecule is CC1(C)CC(c2cncc3ccccc23)=CC(Cl)C1. The lowest BCUT2D eigenvalue weighted by atomic mass is 9.75. The van der Waals surface area contributed by atoms with Crippen molar-refractivity contribution in [3.8, 4) is 0 Å². The average Bonchev–Trinajstić information content (AvgIpc) is 2.35. The molecule has 3 rings (SSSR count). The van der Waals surface area contributed by atoms with E-state index in [2.05, 4.69) is 49.2 Å². The number of hydrogen-bond donors (Lipinski definition) is 0. The summed E-state index contributed by atoms with van der Waals surface area (Å²) < 4.78 is 0. The van der Waals surface area contributed by atoms with E-state index in [4.69, 9.17) is 11.6 Å². The highest BCUT2D eigenvalue weighted by Gasteiger charge is 2.28. The lowest BCUT2D eigenvalue weighted by Crippen LogP contribution is -2.21. The van der Waals surface area contributed by atoms with Crippen LogP contribution in [0.5, 0.6) is 0 Å². The van der Waals surface area contributed by atoms with Crippen molar-refractivity contribution in [1.82, 2.24) is 4.98 Å². The number of hydrogen-bond acceptors (Lipinski definition) is 1. The van der Waals surface area contributed by atoms with Crippen molar-refractivity contribution in [1.29, 1.82) is 0 Å². The van der Waals surface area contributed by atoms with Crippen LogP contribution in [0.15, 0.2) is 42.7 Å². The van der Waals surface area contributed by atoms with Crippen molar-refractivity contribution >= 4 is 27.9 Å². The van der Waals surface area contributed by atoms with Gasteiger partial charge in [-0.25, -0.2) is 0 Å². The zero-order chi connectivity index (χ0) is 13.5. The summed E-state index contributed by atoms with van der Waals surface area (Å²) in [7, 11) is 0. The van der Waals surface area contributed by atoms with E-state index in [1.807, 2.05) is 12.4 Å². The monoisotopic (exact) mass is 271 g/mol. The number of alkyl halides is 1. The molecule has 1 aliphatic carbocycles. The summed E-state index contributed by atoms with van der Waals surface area (Å²) >= 11 is 6.40. The van der Waals surface area contributed by atoms with Gasteiger partial charge in [-0.3, -0.25) is 4.98 Å². The lowest BCUT2D eigenvalue weighted by molar-refractivity contribution is 0.340. The van der Waals surface area contributed by atoms with E-state index < -0.39 is 0 Å². The highest BCUT2D eigenvalue weighted by molar-refractivity contribution is 6.22. The molecule has 0 fully saturated rings. The van der Waals surface area contributed by atoms with Crippen molar-refractivity contribution in [3.05, 3.63) is 48.3 Å². The highest BCUT2D eigenvalue weighted by atomic mass is 35.5. The number of fused-ring (bicyclic) bond motifs is 1. The summed E-state index contributed by atoms with van der Waals surface area (Å²) in [6.07, 6.45) is 8.20. The first-order valence-electron chi connectivity index (χ1n) is 6.73. The Balaban J connectivity index is 2.14. The zero-order valence-electron chi connectivity index (χ0n) is 11.4. The lowest BCUT2D eigenvalue weighted by Gasteiger charge is -2.32. The molecule has 0 saturated heterocycles. The second-order valence-electron chi connectivity index (χ2n) is 6.16. The summed E-state index contributed by atoms with van der Waals surface area (Å²) in [6, 6.07) is 8.41. The van der Waals surface area contributed by atoms with Crippen LogP contribution >= 0.6 is 11.6 Å². The fraction of sp³-hybridized carbons (Fsp3) is 0.353. The molecule has 2 aromatic rings. The molecule has 0 radical (unpaired) electrons. The van der Waals surface area contributed by atoms with E-state index in [0.717, 1.165) is 12.8 Å². The molecule has 0 spiro atoms. The fourth-order valence-corrected chi connectivity index (χ4v) is 3.58.